The molecule has 3 aromatic rings. The van der Waals surface area contributed by atoms with Crippen molar-refractivity contribution in [1.29, 1.82) is 0 Å². The lowest BCUT2D eigenvalue weighted by Gasteiger charge is -2.16. The summed E-state index contributed by atoms with van der Waals surface area (Å²) in [7, 11) is 0. The number of nitrogens with two attached hydrogens (primary N) is 1. The van der Waals surface area contributed by atoms with E-state index in [-0.39, 0.29) is 27.7 Å². The number of rotatable bonds is 7. The fraction of sp³-hybridized carbons (Fsp3) is 0.130. The van der Waals surface area contributed by atoms with Crippen LogP contribution in [0.25, 0.3) is 0 Å². The van der Waals surface area contributed by atoms with Gasteiger partial charge in [0.05, 0.1) is 21.3 Å². The van der Waals surface area contributed by atoms with Gasteiger partial charge in [-0.1, -0.05) is 53.3 Å². The third-order valence-electron chi connectivity index (χ3n) is 4.34. The van der Waals surface area contributed by atoms with Crippen LogP contribution in [0.1, 0.15) is 23.7 Å². The molecule has 0 aromatic heterocycles. The first-order valence-corrected chi connectivity index (χ1v) is 11.1. The first kappa shape index (κ1) is 25.0. The molecule has 0 fully saturated rings. The van der Waals surface area contributed by atoms with Crippen LogP contribution in [0, 0.1) is 0 Å². The zero-order valence-electron chi connectivity index (χ0n) is 17.1. The molecule has 3 rings (SSSR count). The van der Waals surface area contributed by atoms with Crippen LogP contribution < -0.4 is 15.2 Å². The number of carbonyl (C=O) groups is 2. The Bertz CT molecular complexity index is 1180. The smallest absolute Gasteiger partial charge is 0.355 e. The molecule has 0 saturated carbocycles. The monoisotopic (exact) mass is 527 g/mol. The minimum Gasteiger partial charge on any atom is -0.479 e. The van der Waals surface area contributed by atoms with Crippen molar-refractivity contribution in [2.75, 3.05) is 5.73 Å². The molecule has 0 aliphatic carbocycles. The molecule has 0 aliphatic rings. The standard InChI is InChI=1S/C23H17Cl4NO5/c1-2-19(23(30)33-22(29)16-9-13(25)11-18(28)21(16)27)31-14-4-6-15(7-5-14)32-20-8-3-12(24)10-17(20)26/h3-11,19H,2,28H2,1H3. The third kappa shape index (κ3) is 6.45. The number of benzene rings is 3. The highest BCUT2D eigenvalue weighted by molar-refractivity contribution is 6.38. The van der Waals surface area contributed by atoms with Crippen molar-refractivity contribution in [1.82, 2.24) is 0 Å². The summed E-state index contributed by atoms with van der Waals surface area (Å²) in [6.45, 7) is 1.71. The lowest BCUT2D eigenvalue weighted by Crippen LogP contribution is -2.30. The molecule has 0 radical (unpaired) electrons. The van der Waals surface area contributed by atoms with Crippen molar-refractivity contribution in [2.24, 2.45) is 0 Å². The molecule has 33 heavy (non-hydrogen) atoms. The Morgan fingerprint density at radius 3 is 2.21 bits per heavy atom. The summed E-state index contributed by atoms with van der Waals surface area (Å²) in [5.41, 5.74) is 5.67. The van der Waals surface area contributed by atoms with Gasteiger partial charge in [0.15, 0.2) is 6.10 Å². The summed E-state index contributed by atoms with van der Waals surface area (Å²) in [5, 5.41) is 0.986. The second-order valence-corrected chi connectivity index (χ2v) is 8.39. The first-order valence-electron chi connectivity index (χ1n) is 9.58. The van der Waals surface area contributed by atoms with E-state index >= 15 is 0 Å². The summed E-state index contributed by atoms with van der Waals surface area (Å²) < 4.78 is 16.3. The van der Waals surface area contributed by atoms with Gasteiger partial charge in [-0.15, -0.1) is 0 Å². The van der Waals surface area contributed by atoms with Crippen molar-refractivity contribution < 1.29 is 23.8 Å². The Balaban J connectivity index is 1.65. The van der Waals surface area contributed by atoms with Gasteiger partial charge in [-0.05, 0) is 61.0 Å². The summed E-state index contributed by atoms with van der Waals surface area (Å²) in [6, 6.07) is 14.0. The zero-order valence-corrected chi connectivity index (χ0v) is 20.1. The van der Waals surface area contributed by atoms with Crippen LogP contribution in [0.3, 0.4) is 0 Å². The third-order valence-corrected chi connectivity index (χ3v) is 5.51. The van der Waals surface area contributed by atoms with Crippen molar-refractivity contribution >= 4 is 64.0 Å². The van der Waals surface area contributed by atoms with E-state index in [0.717, 1.165) is 0 Å². The minimum atomic E-state index is -1.04. The number of carbonyl (C=O) groups excluding carboxylic acids is 2. The number of nitrogen functional groups attached to an aromatic ring is 1. The Kier molecular flexibility index (Phi) is 8.32. The molecule has 1 atom stereocenters. The predicted molar refractivity (Wildman–Crippen MR) is 129 cm³/mol. The van der Waals surface area contributed by atoms with Crippen molar-refractivity contribution in [3.05, 3.63) is 80.3 Å². The van der Waals surface area contributed by atoms with Crippen LogP contribution in [0.5, 0.6) is 17.2 Å². The average Bonchev–Trinajstić information content (AvgIpc) is 2.77. The molecule has 1 unspecified atom stereocenters. The SMILES string of the molecule is CCC(Oc1ccc(Oc2ccc(Cl)cc2Cl)cc1)C(=O)OC(=O)c1cc(Cl)cc(N)c1Cl. The Morgan fingerprint density at radius 2 is 1.58 bits per heavy atom. The van der Waals surface area contributed by atoms with Gasteiger partial charge in [0.1, 0.15) is 17.2 Å². The van der Waals surface area contributed by atoms with Crippen LogP contribution in [-0.2, 0) is 9.53 Å². The molecule has 10 heteroatoms. The lowest BCUT2D eigenvalue weighted by atomic mass is 10.2. The Hall–Kier alpha value is -2.64. The van der Waals surface area contributed by atoms with E-state index in [1.165, 1.54) is 12.1 Å². The average molecular weight is 529 g/mol. The minimum absolute atomic E-state index is 0.0532. The molecular weight excluding hydrogens is 512 g/mol. The molecule has 172 valence electrons. The number of ether oxygens (including phenoxy) is 3. The van der Waals surface area contributed by atoms with Crippen LogP contribution in [0.2, 0.25) is 20.1 Å². The van der Waals surface area contributed by atoms with Gasteiger partial charge in [-0.3, -0.25) is 0 Å². The molecule has 0 aliphatic heterocycles. The molecule has 2 N–H and O–H groups in total. The van der Waals surface area contributed by atoms with E-state index in [4.69, 9.17) is 66.3 Å². The number of hydrogen-bond acceptors (Lipinski definition) is 6. The van der Waals surface area contributed by atoms with E-state index in [0.29, 0.717) is 27.3 Å². The number of esters is 2. The normalized spacial score (nSPS) is 11.5. The summed E-state index contributed by atoms with van der Waals surface area (Å²) >= 11 is 23.9. The molecule has 6 nitrogen and oxygen atoms in total. The topological polar surface area (TPSA) is 87.9 Å². The van der Waals surface area contributed by atoms with E-state index in [9.17, 15) is 9.59 Å². The number of hydrogen-bond donors (Lipinski definition) is 1. The van der Waals surface area contributed by atoms with Gasteiger partial charge >= 0.3 is 11.9 Å². The largest absolute Gasteiger partial charge is 0.479 e. The van der Waals surface area contributed by atoms with Crippen LogP contribution in [0.4, 0.5) is 5.69 Å². The van der Waals surface area contributed by atoms with Gasteiger partial charge in [0.2, 0.25) is 0 Å². The fourth-order valence-electron chi connectivity index (χ4n) is 2.70. The summed E-state index contributed by atoms with van der Waals surface area (Å²) in [5.74, 6) is -0.574. The van der Waals surface area contributed by atoms with Gasteiger partial charge in [0.25, 0.3) is 0 Å². The highest BCUT2D eigenvalue weighted by atomic mass is 35.5. The van der Waals surface area contributed by atoms with Gasteiger partial charge < -0.3 is 19.9 Å². The lowest BCUT2D eigenvalue weighted by molar-refractivity contribution is -0.146. The maximum absolute atomic E-state index is 12.5. The van der Waals surface area contributed by atoms with Crippen LogP contribution in [-0.4, -0.2) is 18.0 Å². The van der Waals surface area contributed by atoms with Crippen molar-refractivity contribution in [2.45, 2.75) is 19.4 Å². The fourth-order valence-corrected chi connectivity index (χ4v) is 3.56. The summed E-state index contributed by atoms with van der Waals surface area (Å²) in [6.07, 6.45) is -0.794. The van der Waals surface area contributed by atoms with Crippen LogP contribution in [0.15, 0.2) is 54.6 Å². The molecule has 0 spiro atoms. The van der Waals surface area contributed by atoms with Gasteiger partial charge in [0, 0.05) is 10.0 Å². The van der Waals surface area contributed by atoms with Crippen molar-refractivity contribution in [3.8, 4) is 17.2 Å². The molecule has 0 heterocycles. The Labute approximate surface area is 210 Å². The molecule has 0 saturated heterocycles. The molecule has 0 bridgehead atoms. The molecule has 3 aromatic carbocycles. The molecular formula is C23H17Cl4NO5. The number of anilines is 1. The second-order valence-electron chi connectivity index (χ2n) is 6.73. The highest BCUT2D eigenvalue weighted by Gasteiger charge is 2.26. The predicted octanol–water partition coefficient (Wildman–Crippen LogP) is 7.22. The number of halogens is 4. The zero-order chi connectivity index (χ0) is 24.1. The van der Waals surface area contributed by atoms with E-state index in [1.807, 2.05) is 0 Å². The van der Waals surface area contributed by atoms with E-state index in [1.54, 1.807) is 49.4 Å². The first-order chi connectivity index (χ1) is 15.7. The van der Waals surface area contributed by atoms with Gasteiger partial charge in [-0.25, -0.2) is 9.59 Å². The van der Waals surface area contributed by atoms with Crippen LogP contribution >= 0.6 is 46.4 Å². The van der Waals surface area contributed by atoms with E-state index < -0.39 is 18.0 Å². The maximum Gasteiger partial charge on any atom is 0.355 e. The van der Waals surface area contributed by atoms with Gasteiger partial charge in [-0.2, -0.15) is 0 Å². The quantitative estimate of drug-likeness (QED) is 0.198. The second kappa shape index (κ2) is 11.0. The summed E-state index contributed by atoms with van der Waals surface area (Å²) in [4.78, 5) is 24.9. The van der Waals surface area contributed by atoms with E-state index in [2.05, 4.69) is 0 Å². The Morgan fingerprint density at radius 1 is 0.909 bits per heavy atom. The maximum atomic E-state index is 12.5. The van der Waals surface area contributed by atoms with Crippen molar-refractivity contribution in [3.63, 3.8) is 0 Å². The molecule has 0 amide bonds. The highest BCUT2D eigenvalue weighted by Crippen LogP contribution is 2.32.